The summed E-state index contributed by atoms with van der Waals surface area (Å²) in [6.07, 6.45) is -0.533. The largest absolute Gasteiger partial charge is 0.475 e. The van der Waals surface area contributed by atoms with Gasteiger partial charge >= 0.3 is 5.97 Å². The van der Waals surface area contributed by atoms with Crippen molar-refractivity contribution in [3.63, 3.8) is 0 Å². The Kier molecular flexibility index (Phi) is 2.49. The highest BCUT2D eigenvalue weighted by Gasteiger charge is 2.29. The molecule has 0 bridgehead atoms. The second-order valence-corrected chi connectivity index (χ2v) is 3.48. The molecule has 15 heavy (non-hydrogen) atoms. The monoisotopic (exact) mass is 207 g/mol. The molecule has 4 nitrogen and oxygen atoms in total. The van der Waals surface area contributed by atoms with Gasteiger partial charge in [0.15, 0.2) is 0 Å². The molecule has 0 aromatic heterocycles. The van der Waals surface area contributed by atoms with Crippen LogP contribution in [0, 0.1) is 0 Å². The number of carbonyl (C=O) groups is 1. The Morgan fingerprint density at radius 1 is 1.53 bits per heavy atom. The topological polar surface area (TPSA) is 38.8 Å². The molecular weight excluding hydrogens is 194 g/mol. The Hall–Kier alpha value is -1.71. The number of nitrogens with zero attached hydrogens (tertiary/aromatic N) is 1. The molecule has 1 unspecified atom stereocenters. The Morgan fingerprint density at radius 2 is 2.27 bits per heavy atom. The average Bonchev–Trinajstić information content (AvgIpc) is 2.28. The van der Waals surface area contributed by atoms with Crippen LogP contribution in [-0.2, 0) is 9.53 Å². The lowest BCUT2D eigenvalue weighted by molar-refractivity contribution is -0.148. The third kappa shape index (κ3) is 1.75. The molecule has 2 rings (SSSR count). The van der Waals surface area contributed by atoms with Crippen molar-refractivity contribution in [3.05, 3.63) is 24.3 Å². The van der Waals surface area contributed by atoms with Crippen molar-refractivity contribution in [2.45, 2.75) is 6.10 Å². The Morgan fingerprint density at radius 3 is 3.00 bits per heavy atom. The number of benzene rings is 1. The van der Waals surface area contributed by atoms with Crippen LogP contribution in [0.15, 0.2) is 24.3 Å². The molecule has 0 fully saturated rings. The summed E-state index contributed by atoms with van der Waals surface area (Å²) >= 11 is 0. The number of carbonyl (C=O) groups excluding carboxylic acids is 1. The summed E-state index contributed by atoms with van der Waals surface area (Å²) < 4.78 is 10.2. The minimum absolute atomic E-state index is 0.337. The molecule has 1 aliphatic heterocycles. The van der Waals surface area contributed by atoms with E-state index in [0.717, 1.165) is 11.4 Å². The fraction of sp³-hybridized carbons (Fsp3) is 0.364. The van der Waals surface area contributed by atoms with Gasteiger partial charge in [-0.1, -0.05) is 12.1 Å². The molecule has 0 radical (unpaired) electrons. The minimum atomic E-state index is -0.533. The van der Waals surface area contributed by atoms with Crippen LogP contribution < -0.4 is 9.64 Å². The number of hydrogen-bond acceptors (Lipinski definition) is 4. The van der Waals surface area contributed by atoms with Gasteiger partial charge < -0.3 is 14.4 Å². The zero-order valence-electron chi connectivity index (χ0n) is 8.77. The first-order valence-corrected chi connectivity index (χ1v) is 4.77. The van der Waals surface area contributed by atoms with Crippen molar-refractivity contribution in [1.82, 2.24) is 0 Å². The van der Waals surface area contributed by atoms with Gasteiger partial charge in [0.05, 0.1) is 19.3 Å². The summed E-state index contributed by atoms with van der Waals surface area (Å²) in [4.78, 5) is 13.3. The lowest BCUT2D eigenvalue weighted by Gasteiger charge is -2.32. The van der Waals surface area contributed by atoms with Crippen LogP contribution >= 0.6 is 0 Å². The van der Waals surface area contributed by atoms with Crippen LogP contribution in [0.3, 0.4) is 0 Å². The maximum atomic E-state index is 11.3. The normalized spacial score (nSPS) is 19.1. The van der Waals surface area contributed by atoms with Crippen LogP contribution in [0.1, 0.15) is 0 Å². The highest BCUT2D eigenvalue weighted by Crippen LogP contribution is 2.31. The summed E-state index contributed by atoms with van der Waals surface area (Å²) in [5.41, 5.74) is 0.998. The number of ether oxygens (including phenoxy) is 2. The second kappa shape index (κ2) is 3.81. The summed E-state index contributed by atoms with van der Waals surface area (Å²) in [5, 5.41) is 0. The van der Waals surface area contributed by atoms with Gasteiger partial charge in [-0.2, -0.15) is 0 Å². The van der Waals surface area contributed by atoms with E-state index >= 15 is 0 Å². The number of anilines is 1. The summed E-state index contributed by atoms with van der Waals surface area (Å²) in [6.45, 7) is 0.518. The van der Waals surface area contributed by atoms with Gasteiger partial charge in [-0.05, 0) is 12.1 Å². The quantitative estimate of drug-likeness (QED) is 0.645. The smallest absolute Gasteiger partial charge is 0.348 e. The zero-order chi connectivity index (χ0) is 10.8. The van der Waals surface area contributed by atoms with Gasteiger partial charge in [-0.25, -0.2) is 4.79 Å². The number of fused-ring (bicyclic) bond motifs is 1. The van der Waals surface area contributed by atoms with Crippen molar-refractivity contribution in [2.24, 2.45) is 0 Å². The fourth-order valence-corrected chi connectivity index (χ4v) is 1.66. The van der Waals surface area contributed by atoms with Gasteiger partial charge in [0.1, 0.15) is 5.75 Å². The molecule has 80 valence electrons. The first kappa shape index (κ1) is 9.83. The van der Waals surface area contributed by atoms with Gasteiger partial charge in [0.25, 0.3) is 0 Å². The molecular formula is C11H13NO3. The lowest BCUT2D eigenvalue weighted by atomic mass is 10.2. The summed E-state index contributed by atoms with van der Waals surface area (Å²) in [5.74, 6) is 0.387. The van der Waals surface area contributed by atoms with E-state index in [1.165, 1.54) is 7.11 Å². The molecule has 0 spiro atoms. The lowest BCUT2D eigenvalue weighted by Crippen LogP contribution is -2.43. The maximum absolute atomic E-state index is 11.3. The molecule has 4 heteroatoms. The fourth-order valence-electron chi connectivity index (χ4n) is 1.66. The van der Waals surface area contributed by atoms with Gasteiger partial charge in [-0.15, -0.1) is 0 Å². The molecule has 1 atom stereocenters. The molecule has 1 aliphatic rings. The molecule has 0 saturated carbocycles. The molecule has 0 saturated heterocycles. The number of likely N-dealkylation sites (N-methyl/N-ethyl adjacent to an activating group) is 1. The van der Waals surface area contributed by atoms with Crippen molar-refractivity contribution in [3.8, 4) is 5.75 Å². The number of hydrogen-bond donors (Lipinski definition) is 0. The van der Waals surface area contributed by atoms with Crippen molar-refractivity contribution in [2.75, 3.05) is 25.6 Å². The number of methoxy groups -OCH3 is 1. The van der Waals surface area contributed by atoms with Crippen molar-refractivity contribution in [1.29, 1.82) is 0 Å². The van der Waals surface area contributed by atoms with Crippen LogP contribution in [0.4, 0.5) is 5.69 Å². The van der Waals surface area contributed by atoms with Crippen LogP contribution in [0.2, 0.25) is 0 Å². The number of rotatable bonds is 1. The molecule has 1 heterocycles. The van der Waals surface area contributed by atoms with Gasteiger partial charge in [-0.3, -0.25) is 0 Å². The zero-order valence-corrected chi connectivity index (χ0v) is 8.77. The SMILES string of the molecule is COC(=O)C1CN(C)c2ccccc2O1. The predicted molar refractivity (Wildman–Crippen MR) is 56.1 cm³/mol. The molecule has 0 N–H and O–H groups in total. The van der Waals surface area contributed by atoms with E-state index < -0.39 is 6.10 Å². The highest BCUT2D eigenvalue weighted by molar-refractivity contribution is 5.77. The Balaban J connectivity index is 2.26. The average molecular weight is 207 g/mol. The number of para-hydroxylation sites is 2. The maximum Gasteiger partial charge on any atom is 0.348 e. The third-order valence-electron chi connectivity index (χ3n) is 2.45. The van der Waals surface area contributed by atoms with E-state index in [2.05, 4.69) is 4.74 Å². The standard InChI is InChI=1S/C11H13NO3/c1-12-7-10(11(13)14-2)15-9-6-4-3-5-8(9)12/h3-6,10H,7H2,1-2H3. The van der Waals surface area contributed by atoms with E-state index in [1.807, 2.05) is 36.2 Å². The van der Waals surface area contributed by atoms with Crippen molar-refractivity contribution < 1.29 is 14.3 Å². The number of esters is 1. The molecule has 1 aromatic rings. The Bertz CT molecular complexity index is 378. The first-order chi connectivity index (χ1) is 7.22. The first-order valence-electron chi connectivity index (χ1n) is 4.77. The van der Waals surface area contributed by atoms with Gasteiger partial charge in [0, 0.05) is 7.05 Å². The highest BCUT2D eigenvalue weighted by atomic mass is 16.6. The van der Waals surface area contributed by atoms with E-state index in [0.29, 0.717) is 6.54 Å². The van der Waals surface area contributed by atoms with Crippen LogP contribution in [-0.4, -0.2) is 32.8 Å². The van der Waals surface area contributed by atoms with E-state index in [4.69, 9.17) is 4.74 Å². The molecule has 0 amide bonds. The summed E-state index contributed by atoms with van der Waals surface area (Å²) in [6, 6.07) is 7.63. The van der Waals surface area contributed by atoms with E-state index in [9.17, 15) is 4.79 Å². The third-order valence-corrected chi connectivity index (χ3v) is 2.45. The van der Waals surface area contributed by atoms with Gasteiger partial charge in [0.2, 0.25) is 6.10 Å². The molecule has 1 aromatic carbocycles. The predicted octanol–water partition coefficient (Wildman–Crippen LogP) is 1.06. The van der Waals surface area contributed by atoms with E-state index in [-0.39, 0.29) is 5.97 Å². The summed E-state index contributed by atoms with van der Waals surface area (Å²) in [7, 11) is 3.30. The van der Waals surface area contributed by atoms with E-state index in [1.54, 1.807) is 0 Å². The van der Waals surface area contributed by atoms with Crippen LogP contribution in [0.5, 0.6) is 5.75 Å². The Labute approximate surface area is 88.4 Å². The minimum Gasteiger partial charge on any atom is -0.475 e. The van der Waals surface area contributed by atoms with Crippen LogP contribution in [0.25, 0.3) is 0 Å². The van der Waals surface area contributed by atoms with Crippen molar-refractivity contribution >= 4 is 11.7 Å². The molecule has 0 aliphatic carbocycles. The second-order valence-electron chi connectivity index (χ2n) is 3.48.